The fraction of sp³-hybridized carbons (Fsp3) is 0.778. The molecule has 0 saturated heterocycles. The molecule has 0 amide bonds. The molecule has 0 N–H and O–H groups in total. The predicted octanol–water partition coefficient (Wildman–Crippen LogP) is 3.64. The summed E-state index contributed by atoms with van der Waals surface area (Å²) < 4.78 is 11.1. The molecule has 124 valence electrons. The quantitative estimate of drug-likeness (QED) is 0.590. The van der Waals surface area contributed by atoms with Gasteiger partial charge < -0.3 is 9.47 Å². The minimum Gasteiger partial charge on any atom is -0.460 e. The van der Waals surface area contributed by atoms with Crippen LogP contribution < -0.4 is 0 Å². The molecule has 4 heteroatoms. The molecule has 0 aromatic rings. The van der Waals surface area contributed by atoms with Crippen LogP contribution >= 0.6 is 0 Å². The Hall–Kier alpha value is -1.32. The molecule has 0 aromatic carbocycles. The minimum atomic E-state index is -0.755. The first-order valence-corrected chi connectivity index (χ1v) is 8.05. The molecule has 2 aliphatic rings. The lowest BCUT2D eigenvalue weighted by atomic mass is 9.73. The summed E-state index contributed by atoms with van der Waals surface area (Å²) in [6.07, 6.45) is 5.94. The van der Waals surface area contributed by atoms with Crippen molar-refractivity contribution in [2.45, 2.75) is 72.0 Å². The molecule has 2 rings (SSSR count). The number of carbonyl (C=O) groups excluding carboxylic acids is 2. The zero-order valence-corrected chi connectivity index (χ0v) is 14.6. The molecule has 3 atom stereocenters. The normalized spacial score (nSPS) is 30.5. The Morgan fingerprint density at radius 1 is 1.05 bits per heavy atom. The molecule has 22 heavy (non-hydrogen) atoms. The Labute approximate surface area is 133 Å². The van der Waals surface area contributed by atoms with Crippen molar-refractivity contribution < 1.29 is 19.1 Å². The van der Waals surface area contributed by atoms with E-state index in [0.29, 0.717) is 12.3 Å². The fourth-order valence-electron chi connectivity index (χ4n) is 3.48. The Kier molecular flexibility index (Phi) is 4.18. The van der Waals surface area contributed by atoms with Gasteiger partial charge in [0.1, 0.15) is 11.2 Å². The maximum Gasteiger partial charge on any atom is 0.313 e. The van der Waals surface area contributed by atoms with Crippen molar-refractivity contribution in [2.24, 2.45) is 17.3 Å². The van der Waals surface area contributed by atoms with Crippen LogP contribution in [0.5, 0.6) is 0 Å². The first kappa shape index (κ1) is 17.0. The molecule has 0 spiro atoms. The van der Waals surface area contributed by atoms with Crippen LogP contribution in [-0.2, 0) is 19.1 Å². The number of fused-ring (bicyclic) bond motifs is 2. The average Bonchev–Trinajstić information content (AvgIpc) is 2.83. The maximum atomic E-state index is 12.8. The average molecular weight is 308 g/mol. The van der Waals surface area contributed by atoms with Crippen molar-refractivity contribution in [1.82, 2.24) is 0 Å². The Balaban J connectivity index is 2.19. The van der Waals surface area contributed by atoms with Gasteiger partial charge in [0, 0.05) is 0 Å². The van der Waals surface area contributed by atoms with E-state index in [2.05, 4.69) is 12.2 Å². The first-order chi connectivity index (χ1) is 9.91. The van der Waals surface area contributed by atoms with Crippen LogP contribution in [0.25, 0.3) is 0 Å². The first-order valence-electron chi connectivity index (χ1n) is 8.05. The number of carbonyl (C=O) groups is 2. The van der Waals surface area contributed by atoms with E-state index in [-0.39, 0.29) is 24.3 Å². The van der Waals surface area contributed by atoms with Gasteiger partial charge in [-0.3, -0.25) is 9.59 Å². The summed E-state index contributed by atoms with van der Waals surface area (Å²) in [5, 5.41) is 0. The molecule has 0 aliphatic heterocycles. The van der Waals surface area contributed by atoms with Crippen LogP contribution in [-0.4, -0.2) is 23.1 Å². The van der Waals surface area contributed by atoms with E-state index < -0.39 is 16.6 Å². The summed E-state index contributed by atoms with van der Waals surface area (Å²) in [7, 11) is 0. The molecule has 4 nitrogen and oxygen atoms in total. The van der Waals surface area contributed by atoms with E-state index in [0.717, 1.165) is 6.42 Å². The standard InChI is InChI=1S/C18H28O4/c1-16(2,3)21-14(19)11-18(15(20)22-17(4,5)6)10-12-7-8-13(18)9-12/h7-8,12-13H,9-11H2,1-6H3/t12-,13+,18?/m1/s1. The second-order valence-electron chi connectivity index (χ2n) is 8.61. The van der Waals surface area contributed by atoms with Gasteiger partial charge in [-0.25, -0.2) is 0 Å². The van der Waals surface area contributed by atoms with E-state index in [1.54, 1.807) is 0 Å². The molecule has 1 unspecified atom stereocenters. The zero-order valence-electron chi connectivity index (χ0n) is 14.6. The summed E-state index contributed by atoms with van der Waals surface area (Å²) in [6, 6.07) is 0. The van der Waals surface area contributed by atoms with Crippen LogP contribution in [0.15, 0.2) is 12.2 Å². The second kappa shape index (κ2) is 5.39. The molecule has 2 bridgehead atoms. The van der Waals surface area contributed by atoms with Gasteiger partial charge in [0.05, 0.1) is 11.8 Å². The lowest BCUT2D eigenvalue weighted by molar-refractivity contribution is -0.177. The summed E-state index contributed by atoms with van der Waals surface area (Å²) in [5.74, 6) is -0.123. The Morgan fingerprint density at radius 2 is 1.64 bits per heavy atom. The van der Waals surface area contributed by atoms with E-state index in [9.17, 15) is 9.59 Å². The highest BCUT2D eigenvalue weighted by Gasteiger charge is 2.56. The smallest absolute Gasteiger partial charge is 0.313 e. The summed E-state index contributed by atoms with van der Waals surface area (Å²) in [6.45, 7) is 11.1. The van der Waals surface area contributed by atoms with Gasteiger partial charge >= 0.3 is 11.9 Å². The molecular weight excluding hydrogens is 280 g/mol. The highest BCUT2D eigenvalue weighted by atomic mass is 16.6. The maximum absolute atomic E-state index is 12.8. The highest BCUT2D eigenvalue weighted by Crippen LogP contribution is 2.55. The number of hydrogen-bond donors (Lipinski definition) is 0. The number of ether oxygens (including phenoxy) is 2. The van der Waals surface area contributed by atoms with Gasteiger partial charge in [-0.05, 0) is 66.2 Å². The number of allylic oxidation sites excluding steroid dienone is 2. The summed E-state index contributed by atoms with van der Waals surface area (Å²) in [5.41, 5.74) is -1.85. The van der Waals surface area contributed by atoms with Crippen molar-refractivity contribution in [1.29, 1.82) is 0 Å². The molecule has 1 saturated carbocycles. The molecule has 0 radical (unpaired) electrons. The van der Waals surface area contributed by atoms with E-state index in [1.807, 2.05) is 41.5 Å². The van der Waals surface area contributed by atoms with Crippen LogP contribution in [0.3, 0.4) is 0 Å². The van der Waals surface area contributed by atoms with Crippen LogP contribution in [0.1, 0.15) is 60.8 Å². The number of esters is 2. The lowest BCUT2D eigenvalue weighted by Gasteiger charge is -2.35. The van der Waals surface area contributed by atoms with Crippen molar-refractivity contribution >= 4 is 11.9 Å². The zero-order chi connectivity index (χ0) is 16.8. The molecule has 0 aromatic heterocycles. The van der Waals surface area contributed by atoms with Crippen LogP contribution in [0.2, 0.25) is 0 Å². The SMILES string of the molecule is CC(C)(C)OC(=O)CC1(C(=O)OC(C)(C)C)C[C@@H]2C=C[C@H]1C2. The fourth-order valence-corrected chi connectivity index (χ4v) is 3.48. The number of rotatable bonds is 3. The largest absolute Gasteiger partial charge is 0.460 e. The van der Waals surface area contributed by atoms with E-state index in [4.69, 9.17) is 9.47 Å². The van der Waals surface area contributed by atoms with Gasteiger partial charge in [0.15, 0.2) is 0 Å². The van der Waals surface area contributed by atoms with Crippen molar-refractivity contribution in [3.05, 3.63) is 12.2 Å². The minimum absolute atomic E-state index is 0.0832. The Morgan fingerprint density at radius 3 is 2.05 bits per heavy atom. The van der Waals surface area contributed by atoms with Crippen molar-refractivity contribution in [3.63, 3.8) is 0 Å². The van der Waals surface area contributed by atoms with Gasteiger partial charge in [0.2, 0.25) is 0 Å². The molecule has 2 aliphatic carbocycles. The van der Waals surface area contributed by atoms with Gasteiger partial charge in [0.25, 0.3) is 0 Å². The second-order valence-corrected chi connectivity index (χ2v) is 8.61. The third-order valence-corrected chi connectivity index (χ3v) is 4.19. The Bertz CT molecular complexity index is 492. The summed E-state index contributed by atoms with van der Waals surface area (Å²) in [4.78, 5) is 25.1. The molecule has 1 fully saturated rings. The van der Waals surface area contributed by atoms with Gasteiger partial charge in [-0.2, -0.15) is 0 Å². The lowest BCUT2D eigenvalue weighted by Crippen LogP contribution is -2.43. The van der Waals surface area contributed by atoms with Crippen molar-refractivity contribution in [2.75, 3.05) is 0 Å². The molecule has 0 heterocycles. The topological polar surface area (TPSA) is 52.6 Å². The summed E-state index contributed by atoms with van der Waals surface area (Å²) >= 11 is 0. The highest BCUT2D eigenvalue weighted by molar-refractivity contribution is 5.85. The number of hydrogen-bond acceptors (Lipinski definition) is 4. The molecular formula is C18H28O4. The van der Waals surface area contributed by atoms with Gasteiger partial charge in [-0.15, -0.1) is 0 Å². The van der Waals surface area contributed by atoms with E-state index in [1.165, 1.54) is 0 Å². The van der Waals surface area contributed by atoms with Crippen LogP contribution in [0, 0.1) is 17.3 Å². The predicted molar refractivity (Wildman–Crippen MR) is 84.1 cm³/mol. The van der Waals surface area contributed by atoms with Crippen LogP contribution in [0.4, 0.5) is 0 Å². The van der Waals surface area contributed by atoms with E-state index >= 15 is 0 Å². The third-order valence-electron chi connectivity index (χ3n) is 4.19. The third kappa shape index (κ3) is 3.71. The monoisotopic (exact) mass is 308 g/mol. The van der Waals surface area contributed by atoms with Gasteiger partial charge in [-0.1, -0.05) is 12.2 Å². The van der Waals surface area contributed by atoms with Crippen molar-refractivity contribution in [3.8, 4) is 0 Å².